The second-order valence-corrected chi connectivity index (χ2v) is 6.85. The van der Waals surface area contributed by atoms with E-state index in [0.717, 1.165) is 11.5 Å². The number of carbonyl (C=O) groups excluding carboxylic acids is 1. The van der Waals surface area contributed by atoms with Crippen molar-refractivity contribution in [2.24, 2.45) is 0 Å². The van der Waals surface area contributed by atoms with Crippen LogP contribution in [0.2, 0.25) is 0 Å². The summed E-state index contributed by atoms with van der Waals surface area (Å²) in [5.74, 6) is 1.75. The molecule has 0 N–H and O–H groups in total. The lowest BCUT2D eigenvalue weighted by Crippen LogP contribution is -2.34. The first-order valence-corrected chi connectivity index (χ1v) is 6.93. The molecule has 0 unspecified atom stereocenters. The van der Waals surface area contributed by atoms with Crippen molar-refractivity contribution in [3.05, 3.63) is 24.3 Å². The second-order valence-electron chi connectivity index (χ2n) is 4.07. The number of carbonyl (C=O) groups is 1. The van der Waals surface area contributed by atoms with Crippen LogP contribution in [0.5, 0.6) is 5.75 Å². The predicted octanol–water partition coefficient (Wildman–Crippen LogP) is 3.21. The minimum Gasteiger partial charge on any atom is -0.491 e. The monoisotopic (exact) mass is 254 g/mol. The van der Waals surface area contributed by atoms with E-state index in [1.165, 1.54) is 16.7 Å². The summed E-state index contributed by atoms with van der Waals surface area (Å²) in [4.78, 5) is 12.2. The maximum absolute atomic E-state index is 11.0. The maximum atomic E-state index is 11.0. The topological polar surface area (TPSA) is 26.3 Å². The van der Waals surface area contributed by atoms with Crippen LogP contribution in [-0.2, 0) is 4.79 Å². The summed E-state index contributed by atoms with van der Waals surface area (Å²) in [7, 11) is 0. The molecule has 0 fully saturated rings. The van der Waals surface area contributed by atoms with E-state index in [2.05, 4.69) is 13.0 Å². The number of para-hydroxylation sites is 1. The Hall–Kier alpha value is -0.610. The van der Waals surface area contributed by atoms with E-state index in [1.54, 1.807) is 18.7 Å². The van der Waals surface area contributed by atoms with Crippen molar-refractivity contribution >= 4 is 28.6 Å². The summed E-state index contributed by atoms with van der Waals surface area (Å²) < 4.78 is 5.72. The van der Waals surface area contributed by atoms with Gasteiger partial charge in [0.05, 0.1) is 9.64 Å². The van der Waals surface area contributed by atoms with Gasteiger partial charge in [-0.3, -0.25) is 4.79 Å². The molecule has 0 aliphatic carbocycles. The van der Waals surface area contributed by atoms with Gasteiger partial charge in [0.2, 0.25) is 0 Å². The van der Waals surface area contributed by atoms with E-state index in [9.17, 15) is 4.79 Å². The van der Waals surface area contributed by atoms with Crippen LogP contribution < -0.4 is 4.74 Å². The summed E-state index contributed by atoms with van der Waals surface area (Å²) >= 11 is 3.17. The van der Waals surface area contributed by atoms with Gasteiger partial charge in [0.15, 0.2) is 5.12 Å². The molecule has 1 aromatic carbocycles. The third-order valence-corrected chi connectivity index (χ3v) is 5.00. The summed E-state index contributed by atoms with van der Waals surface area (Å²) in [6, 6.07) is 8.04. The average Bonchev–Trinajstić information content (AvgIpc) is 2.26. The van der Waals surface area contributed by atoms with Crippen LogP contribution in [0, 0.1) is 0 Å². The van der Waals surface area contributed by atoms with Gasteiger partial charge in [-0.1, -0.05) is 23.9 Å². The Morgan fingerprint density at radius 3 is 3.06 bits per heavy atom. The quantitative estimate of drug-likeness (QED) is 0.809. The van der Waals surface area contributed by atoms with Gasteiger partial charge >= 0.3 is 0 Å². The van der Waals surface area contributed by atoms with Crippen LogP contribution in [0.25, 0.3) is 0 Å². The van der Waals surface area contributed by atoms with Crippen molar-refractivity contribution in [3.63, 3.8) is 0 Å². The Bertz CT molecular complexity index is 406. The Labute approximate surface area is 104 Å². The molecule has 0 bridgehead atoms. The fourth-order valence-corrected chi connectivity index (χ4v) is 3.53. The van der Waals surface area contributed by atoms with Crippen molar-refractivity contribution in [3.8, 4) is 5.75 Å². The molecule has 1 aromatic rings. The molecule has 86 valence electrons. The number of thioether (sulfide) groups is 2. The molecule has 16 heavy (non-hydrogen) atoms. The van der Waals surface area contributed by atoms with Gasteiger partial charge in [0, 0.05) is 12.7 Å². The molecule has 1 aliphatic rings. The number of hydrogen-bond donors (Lipinski definition) is 0. The Morgan fingerprint density at radius 2 is 2.31 bits per heavy atom. The number of ether oxygens (including phenoxy) is 1. The highest BCUT2D eigenvalue weighted by molar-refractivity contribution is 8.14. The van der Waals surface area contributed by atoms with E-state index < -0.39 is 0 Å². The molecular weight excluding hydrogens is 240 g/mol. The molecular formula is C12H14O2S2. The van der Waals surface area contributed by atoms with Gasteiger partial charge in [-0.25, -0.2) is 0 Å². The molecule has 1 aliphatic heterocycles. The summed E-state index contributed by atoms with van der Waals surface area (Å²) in [5.41, 5.74) is 0. The molecule has 0 amide bonds. The van der Waals surface area contributed by atoms with Gasteiger partial charge in [0.1, 0.15) is 12.4 Å². The standard InChI is InChI=1S/C12H14O2S2/c1-9(13)15-8-12(2)7-14-10-5-3-4-6-11(10)16-12/h3-6H,7-8H2,1-2H3/t12-/m0/s1. The highest BCUT2D eigenvalue weighted by Gasteiger charge is 2.32. The van der Waals surface area contributed by atoms with Gasteiger partial charge in [-0.15, -0.1) is 11.8 Å². The van der Waals surface area contributed by atoms with Crippen LogP contribution in [0.1, 0.15) is 13.8 Å². The zero-order valence-corrected chi connectivity index (χ0v) is 11.0. The molecule has 2 rings (SSSR count). The SMILES string of the molecule is CC(=O)SC[C@]1(C)COc2ccccc2S1. The lowest BCUT2D eigenvalue weighted by atomic mass is 10.2. The fraction of sp³-hybridized carbons (Fsp3) is 0.417. The van der Waals surface area contributed by atoms with Crippen LogP contribution in [-0.4, -0.2) is 22.2 Å². The highest BCUT2D eigenvalue weighted by Crippen LogP contribution is 2.44. The third-order valence-electron chi connectivity index (χ3n) is 2.32. The summed E-state index contributed by atoms with van der Waals surface area (Å²) in [6.45, 7) is 4.41. The van der Waals surface area contributed by atoms with Gasteiger partial charge < -0.3 is 4.74 Å². The molecule has 0 saturated carbocycles. The lowest BCUT2D eigenvalue weighted by Gasteiger charge is -2.33. The number of hydrogen-bond acceptors (Lipinski definition) is 4. The lowest BCUT2D eigenvalue weighted by molar-refractivity contribution is -0.109. The highest BCUT2D eigenvalue weighted by atomic mass is 32.2. The smallest absolute Gasteiger partial charge is 0.185 e. The van der Waals surface area contributed by atoms with Crippen molar-refractivity contribution in [2.75, 3.05) is 12.4 Å². The van der Waals surface area contributed by atoms with Crippen molar-refractivity contribution in [2.45, 2.75) is 23.5 Å². The van der Waals surface area contributed by atoms with E-state index in [4.69, 9.17) is 4.74 Å². The molecule has 2 nitrogen and oxygen atoms in total. The Kier molecular flexibility index (Phi) is 3.50. The van der Waals surface area contributed by atoms with Crippen LogP contribution >= 0.6 is 23.5 Å². The van der Waals surface area contributed by atoms with Gasteiger partial charge in [0.25, 0.3) is 0 Å². The van der Waals surface area contributed by atoms with Crippen LogP contribution in [0.4, 0.5) is 0 Å². The normalized spacial score (nSPS) is 23.4. The average molecular weight is 254 g/mol. The molecule has 1 atom stereocenters. The number of rotatable bonds is 2. The maximum Gasteiger partial charge on any atom is 0.185 e. The molecule has 0 aromatic heterocycles. The van der Waals surface area contributed by atoms with E-state index in [0.29, 0.717) is 6.61 Å². The Balaban J connectivity index is 2.08. The van der Waals surface area contributed by atoms with Crippen molar-refractivity contribution < 1.29 is 9.53 Å². The fourth-order valence-electron chi connectivity index (χ4n) is 1.50. The zero-order valence-electron chi connectivity index (χ0n) is 9.36. The predicted molar refractivity (Wildman–Crippen MR) is 69.3 cm³/mol. The van der Waals surface area contributed by atoms with E-state index >= 15 is 0 Å². The third kappa shape index (κ3) is 2.74. The second kappa shape index (κ2) is 4.72. The Morgan fingerprint density at radius 1 is 1.56 bits per heavy atom. The first-order valence-electron chi connectivity index (χ1n) is 5.13. The van der Waals surface area contributed by atoms with Crippen LogP contribution in [0.15, 0.2) is 29.2 Å². The van der Waals surface area contributed by atoms with Crippen molar-refractivity contribution in [1.29, 1.82) is 0 Å². The van der Waals surface area contributed by atoms with Gasteiger partial charge in [-0.2, -0.15) is 0 Å². The largest absolute Gasteiger partial charge is 0.491 e. The minimum atomic E-state index is -0.00924. The molecule has 0 radical (unpaired) electrons. The molecule has 0 spiro atoms. The molecule has 0 saturated heterocycles. The van der Waals surface area contributed by atoms with Gasteiger partial charge in [-0.05, 0) is 19.1 Å². The first kappa shape index (κ1) is 11.9. The summed E-state index contributed by atoms with van der Waals surface area (Å²) in [6.07, 6.45) is 0. The first-order chi connectivity index (χ1) is 7.59. The number of benzene rings is 1. The van der Waals surface area contributed by atoms with E-state index in [-0.39, 0.29) is 9.86 Å². The van der Waals surface area contributed by atoms with Crippen LogP contribution in [0.3, 0.4) is 0 Å². The van der Waals surface area contributed by atoms with Crippen molar-refractivity contribution in [1.82, 2.24) is 0 Å². The molecule has 1 heterocycles. The number of fused-ring (bicyclic) bond motifs is 1. The van der Waals surface area contributed by atoms with E-state index in [1.807, 2.05) is 18.2 Å². The summed E-state index contributed by atoms with van der Waals surface area (Å²) in [5, 5.41) is 0.167. The molecule has 4 heteroatoms. The zero-order chi connectivity index (χ0) is 11.6. The minimum absolute atomic E-state index is 0.00924.